The smallest absolute Gasteiger partial charge is 0.253 e. The second kappa shape index (κ2) is 7.61. The third-order valence-electron chi connectivity index (χ3n) is 4.96. The predicted molar refractivity (Wildman–Crippen MR) is 102 cm³/mol. The van der Waals surface area contributed by atoms with Crippen LogP contribution in [-0.2, 0) is 10.0 Å². The number of carbonyl (C=O) groups is 1. The lowest BCUT2D eigenvalue weighted by Crippen LogP contribution is -2.34. The van der Waals surface area contributed by atoms with Crippen LogP contribution in [-0.4, -0.2) is 57.3 Å². The first-order valence-electron chi connectivity index (χ1n) is 8.05. The van der Waals surface area contributed by atoms with Crippen LogP contribution in [0.2, 0.25) is 0 Å². The standard InChI is InChI=1S/C17H27N3O3S.ClH/c1-12-8-14(9-15(13(12)2)24(22,23)19(4)5)16(21)20-7-6-17(3,10-18)11-20;/h8-9H,6-7,10-11,18H2,1-5H3;1H. The maximum atomic E-state index is 12.8. The second-order valence-electron chi connectivity index (χ2n) is 7.20. The van der Waals surface area contributed by atoms with Crippen LogP contribution in [0.5, 0.6) is 0 Å². The summed E-state index contributed by atoms with van der Waals surface area (Å²) < 4.78 is 26.2. The summed E-state index contributed by atoms with van der Waals surface area (Å²) in [5.74, 6) is -0.134. The number of sulfonamides is 1. The Hall–Kier alpha value is -1.15. The number of likely N-dealkylation sites (tertiary alicyclic amines) is 1. The van der Waals surface area contributed by atoms with Crippen LogP contribution < -0.4 is 5.73 Å². The van der Waals surface area contributed by atoms with Gasteiger partial charge < -0.3 is 10.6 Å². The molecular formula is C17H28ClN3O3S. The summed E-state index contributed by atoms with van der Waals surface area (Å²) in [4.78, 5) is 14.8. The van der Waals surface area contributed by atoms with Gasteiger partial charge >= 0.3 is 0 Å². The summed E-state index contributed by atoms with van der Waals surface area (Å²) in [6.07, 6.45) is 0.864. The highest BCUT2D eigenvalue weighted by atomic mass is 35.5. The van der Waals surface area contributed by atoms with E-state index < -0.39 is 10.0 Å². The fraction of sp³-hybridized carbons (Fsp3) is 0.588. The Kier molecular flexibility index (Phi) is 6.67. The van der Waals surface area contributed by atoms with Crippen LogP contribution in [0, 0.1) is 19.3 Å². The molecule has 0 aromatic heterocycles. The van der Waals surface area contributed by atoms with Crippen molar-refractivity contribution in [3.8, 4) is 0 Å². The molecule has 0 aliphatic carbocycles. The second-order valence-corrected chi connectivity index (χ2v) is 9.32. The molecule has 1 fully saturated rings. The molecule has 2 rings (SSSR count). The van der Waals surface area contributed by atoms with Gasteiger partial charge in [0.05, 0.1) is 4.90 Å². The van der Waals surface area contributed by atoms with Crippen molar-refractivity contribution in [2.45, 2.75) is 32.1 Å². The van der Waals surface area contributed by atoms with E-state index in [0.717, 1.165) is 12.0 Å². The van der Waals surface area contributed by atoms with Gasteiger partial charge in [0.15, 0.2) is 0 Å². The van der Waals surface area contributed by atoms with E-state index in [1.54, 1.807) is 17.9 Å². The predicted octanol–water partition coefficient (Wildman–Crippen LogP) is 1.79. The molecule has 1 amide bonds. The van der Waals surface area contributed by atoms with Crippen LogP contribution in [0.1, 0.15) is 34.8 Å². The highest BCUT2D eigenvalue weighted by molar-refractivity contribution is 7.89. The van der Waals surface area contributed by atoms with Gasteiger partial charge in [-0.2, -0.15) is 0 Å². The molecule has 1 saturated heterocycles. The Balaban J connectivity index is 0.00000312. The SMILES string of the molecule is Cc1cc(C(=O)N2CCC(C)(CN)C2)cc(S(=O)(=O)N(C)C)c1C.Cl. The Morgan fingerprint density at radius 3 is 2.40 bits per heavy atom. The minimum atomic E-state index is -3.59. The maximum Gasteiger partial charge on any atom is 0.253 e. The van der Waals surface area contributed by atoms with Gasteiger partial charge in [0.1, 0.15) is 0 Å². The minimum Gasteiger partial charge on any atom is -0.338 e. The largest absolute Gasteiger partial charge is 0.338 e. The molecule has 0 bridgehead atoms. The number of nitrogens with two attached hydrogens (primary N) is 1. The van der Waals surface area contributed by atoms with Crippen molar-refractivity contribution in [3.63, 3.8) is 0 Å². The summed E-state index contributed by atoms with van der Waals surface area (Å²) >= 11 is 0. The average Bonchev–Trinajstić information content (AvgIpc) is 2.92. The van der Waals surface area contributed by atoms with Gasteiger partial charge in [0, 0.05) is 32.7 Å². The molecule has 1 aromatic rings. The molecule has 1 heterocycles. The summed E-state index contributed by atoms with van der Waals surface area (Å²) in [5, 5.41) is 0. The number of carbonyl (C=O) groups excluding carboxylic acids is 1. The fourth-order valence-corrected chi connectivity index (χ4v) is 4.18. The van der Waals surface area contributed by atoms with E-state index in [1.165, 1.54) is 24.5 Å². The quantitative estimate of drug-likeness (QED) is 0.850. The van der Waals surface area contributed by atoms with Crippen LogP contribution >= 0.6 is 12.4 Å². The van der Waals surface area contributed by atoms with E-state index in [-0.39, 0.29) is 28.6 Å². The summed E-state index contributed by atoms with van der Waals surface area (Å²) in [6.45, 7) is 7.45. The number of benzene rings is 1. The van der Waals surface area contributed by atoms with Gasteiger partial charge in [0.2, 0.25) is 10.0 Å². The van der Waals surface area contributed by atoms with E-state index in [0.29, 0.717) is 30.8 Å². The van der Waals surface area contributed by atoms with E-state index in [9.17, 15) is 13.2 Å². The van der Waals surface area contributed by atoms with Gasteiger partial charge in [-0.05, 0) is 55.5 Å². The zero-order chi connectivity index (χ0) is 18.3. The first-order valence-corrected chi connectivity index (χ1v) is 9.49. The van der Waals surface area contributed by atoms with E-state index in [4.69, 9.17) is 5.73 Å². The lowest BCUT2D eigenvalue weighted by atomic mass is 9.90. The summed E-state index contributed by atoms with van der Waals surface area (Å²) in [5.41, 5.74) is 7.63. The molecule has 1 aromatic carbocycles. The molecule has 0 radical (unpaired) electrons. The number of halogens is 1. The Morgan fingerprint density at radius 2 is 1.92 bits per heavy atom. The lowest BCUT2D eigenvalue weighted by Gasteiger charge is -2.23. The molecule has 0 spiro atoms. The molecule has 6 nitrogen and oxygen atoms in total. The van der Waals surface area contributed by atoms with Crippen LogP contribution in [0.4, 0.5) is 0 Å². The topological polar surface area (TPSA) is 83.7 Å². The normalized spacial score (nSPS) is 20.7. The third-order valence-corrected chi connectivity index (χ3v) is 6.90. The number of hydrogen-bond acceptors (Lipinski definition) is 4. The molecule has 1 aliphatic rings. The monoisotopic (exact) mass is 389 g/mol. The van der Waals surface area contributed by atoms with Crippen molar-refractivity contribution in [1.82, 2.24) is 9.21 Å². The number of nitrogens with zero attached hydrogens (tertiary/aromatic N) is 2. The minimum absolute atomic E-state index is 0. The molecule has 8 heteroatoms. The number of aryl methyl sites for hydroxylation is 1. The maximum absolute atomic E-state index is 12.8. The lowest BCUT2D eigenvalue weighted by molar-refractivity contribution is 0.0776. The molecule has 25 heavy (non-hydrogen) atoms. The van der Waals surface area contributed by atoms with Gasteiger partial charge in [-0.1, -0.05) is 6.92 Å². The number of amides is 1. The van der Waals surface area contributed by atoms with Gasteiger partial charge in [-0.15, -0.1) is 12.4 Å². The molecule has 1 atom stereocenters. The summed E-state index contributed by atoms with van der Waals surface area (Å²) in [7, 11) is -0.611. The highest BCUT2D eigenvalue weighted by Crippen LogP contribution is 2.30. The van der Waals surface area contributed by atoms with Crippen molar-refractivity contribution in [2.75, 3.05) is 33.7 Å². The van der Waals surface area contributed by atoms with Crippen molar-refractivity contribution in [1.29, 1.82) is 0 Å². The zero-order valence-electron chi connectivity index (χ0n) is 15.5. The Labute approximate surface area is 156 Å². The van der Waals surface area contributed by atoms with Crippen molar-refractivity contribution >= 4 is 28.3 Å². The molecule has 2 N–H and O–H groups in total. The van der Waals surface area contributed by atoms with Crippen LogP contribution in [0.3, 0.4) is 0 Å². The Morgan fingerprint density at radius 1 is 1.32 bits per heavy atom. The van der Waals surface area contributed by atoms with Gasteiger partial charge in [0.25, 0.3) is 5.91 Å². The van der Waals surface area contributed by atoms with Crippen molar-refractivity contribution in [3.05, 3.63) is 28.8 Å². The first kappa shape index (κ1) is 21.9. The third kappa shape index (κ3) is 4.16. The fourth-order valence-electron chi connectivity index (χ4n) is 2.96. The van der Waals surface area contributed by atoms with E-state index in [1.807, 2.05) is 6.92 Å². The molecule has 1 unspecified atom stereocenters. The molecule has 1 aliphatic heterocycles. The molecular weight excluding hydrogens is 362 g/mol. The molecule has 142 valence electrons. The number of hydrogen-bond donors (Lipinski definition) is 1. The van der Waals surface area contributed by atoms with Gasteiger partial charge in [-0.3, -0.25) is 4.79 Å². The van der Waals surface area contributed by atoms with Crippen molar-refractivity contribution in [2.24, 2.45) is 11.1 Å². The van der Waals surface area contributed by atoms with Gasteiger partial charge in [-0.25, -0.2) is 12.7 Å². The number of rotatable bonds is 4. The van der Waals surface area contributed by atoms with Crippen molar-refractivity contribution < 1.29 is 13.2 Å². The Bertz CT molecular complexity index is 765. The molecule has 0 saturated carbocycles. The van der Waals surface area contributed by atoms with Crippen LogP contribution in [0.15, 0.2) is 17.0 Å². The van der Waals surface area contributed by atoms with E-state index >= 15 is 0 Å². The van der Waals surface area contributed by atoms with Crippen LogP contribution in [0.25, 0.3) is 0 Å². The zero-order valence-corrected chi connectivity index (χ0v) is 17.1. The first-order chi connectivity index (χ1) is 11.0. The highest BCUT2D eigenvalue weighted by Gasteiger charge is 2.35. The summed E-state index contributed by atoms with van der Waals surface area (Å²) in [6, 6.07) is 3.27. The van der Waals surface area contributed by atoms with E-state index in [2.05, 4.69) is 6.92 Å². The average molecular weight is 390 g/mol.